The number of hydrogen-bond acceptors (Lipinski definition) is 2. The van der Waals surface area contributed by atoms with Gasteiger partial charge >= 0.3 is 0 Å². The molecule has 0 saturated carbocycles. The van der Waals surface area contributed by atoms with Crippen LogP contribution in [0.25, 0.3) is 27.8 Å². The average molecular weight is 556 g/mol. The van der Waals surface area contributed by atoms with Gasteiger partial charge in [-0.2, -0.15) is 0 Å². The van der Waals surface area contributed by atoms with E-state index < -0.39 is 0 Å². The Labute approximate surface area is 253 Å². The minimum atomic E-state index is -0.0711. The van der Waals surface area contributed by atoms with Crippen LogP contribution in [-0.2, 0) is 5.41 Å². The lowest BCUT2D eigenvalue weighted by Gasteiger charge is -2.32. The standard InChI is InChI=1S/C41H33NO/c1-26-11-9-17-34-32-24-23-30(25-36(32)41(2,3)39(26)34)42(29-21-19-28(20-22-29)27-12-5-4-6-13-27)37-18-10-16-33-31-14-7-8-15-35(31)40(43)38(33)37/h4-10,12-26H,11H2,1-3H3. The third-order valence-electron chi connectivity index (χ3n) is 9.66. The fourth-order valence-corrected chi connectivity index (χ4v) is 7.72. The van der Waals surface area contributed by atoms with E-state index in [1.165, 1.54) is 33.4 Å². The van der Waals surface area contributed by atoms with Gasteiger partial charge in [0.15, 0.2) is 5.78 Å². The molecule has 0 saturated heterocycles. The van der Waals surface area contributed by atoms with Crippen LogP contribution in [0.2, 0.25) is 0 Å². The van der Waals surface area contributed by atoms with E-state index in [0.29, 0.717) is 5.92 Å². The third kappa shape index (κ3) is 3.83. The Hall–Kier alpha value is -4.95. The van der Waals surface area contributed by atoms with Gasteiger partial charge in [-0.25, -0.2) is 0 Å². The lowest BCUT2D eigenvalue weighted by Crippen LogP contribution is -2.23. The van der Waals surface area contributed by atoms with Crippen molar-refractivity contribution in [3.63, 3.8) is 0 Å². The van der Waals surface area contributed by atoms with Crippen LogP contribution in [-0.4, -0.2) is 5.78 Å². The Morgan fingerprint density at radius 2 is 1.35 bits per heavy atom. The molecule has 0 aliphatic heterocycles. The number of carbonyl (C=O) groups excluding carboxylic acids is 1. The molecule has 5 aromatic carbocycles. The summed E-state index contributed by atoms with van der Waals surface area (Å²) in [7, 11) is 0. The average Bonchev–Trinajstić information content (AvgIpc) is 3.46. The molecule has 3 aliphatic carbocycles. The van der Waals surface area contributed by atoms with Gasteiger partial charge in [-0.1, -0.05) is 118 Å². The van der Waals surface area contributed by atoms with E-state index in [0.717, 1.165) is 45.7 Å². The van der Waals surface area contributed by atoms with Crippen molar-refractivity contribution in [1.29, 1.82) is 0 Å². The lowest BCUT2D eigenvalue weighted by atomic mass is 9.74. The van der Waals surface area contributed by atoms with E-state index in [1.807, 2.05) is 24.3 Å². The van der Waals surface area contributed by atoms with Gasteiger partial charge in [-0.05, 0) is 87.2 Å². The minimum Gasteiger partial charge on any atom is -0.310 e. The van der Waals surface area contributed by atoms with Crippen LogP contribution in [0.3, 0.4) is 0 Å². The number of fused-ring (bicyclic) bond motifs is 5. The molecule has 2 heteroatoms. The molecule has 0 amide bonds. The number of benzene rings is 5. The van der Waals surface area contributed by atoms with Gasteiger partial charge < -0.3 is 4.90 Å². The number of ketones is 1. The van der Waals surface area contributed by atoms with E-state index in [9.17, 15) is 4.79 Å². The zero-order chi connectivity index (χ0) is 29.3. The first-order valence-corrected chi connectivity index (χ1v) is 15.2. The molecule has 0 radical (unpaired) electrons. The number of nitrogens with zero attached hydrogens (tertiary/aromatic N) is 1. The van der Waals surface area contributed by atoms with Crippen molar-refractivity contribution in [2.75, 3.05) is 4.90 Å². The van der Waals surface area contributed by atoms with Crippen molar-refractivity contribution >= 4 is 28.4 Å². The van der Waals surface area contributed by atoms with Crippen molar-refractivity contribution < 1.29 is 4.79 Å². The van der Waals surface area contributed by atoms with Crippen LogP contribution in [0, 0.1) is 5.92 Å². The Bertz CT molecular complexity index is 1990. The molecule has 3 aliphatic rings. The van der Waals surface area contributed by atoms with E-state index in [-0.39, 0.29) is 11.2 Å². The molecule has 1 atom stereocenters. The Morgan fingerprint density at radius 3 is 2.14 bits per heavy atom. The van der Waals surface area contributed by atoms with Crippen molar-refractivity contribution in [2.24, 2.45) is 5.92 Å². The topological polar surface area (TPSA) is 20.3 Å². The maximum Gasteiger partial charge on any atom is 0.196 e. The molecule has 0 N–H and O–H groups in total. The van der Waals surface area contributed by atoms with Crippen LogP contribution in [0.5, 0.6) is 0 Å². The van der Waals surface area contributed by atoms with Crippen molar-refractivity contribution in [1.82, 2.24) is 0 Å². The van der Waals surface area contributed by atoms with Crippen LogP contribution in [0.1, 0.15) is 54.2 Å². The summed E-state index contributed by atoms with van der Waals surface area (Å²) in [5.74, 6) is 0.602. The highest BCUT2D eigenvalue weighted by molar-refractivity contribution is 6.25. The van der Waals surface area contributed by atoms with Gasteiger partial charge in [0.25, 0.3) is 0 Å². The first-order valence-electron chi connectivity index (χ1n) is 15.2. The summed E-state index contributed by atoms with van der Waals surface area (Å²) in [6.45, 7) is 7.09. The largest absolute Gasteiger partial charge is 0.310 e. The molecule has 8 rings (SSSR count). The summed E-state index contributed by atoms with van der Waals surface area (Å²) in [4.78, 5) is 16.3. The number of allylic oxidation sites excluding steroid dienone is 4. The molecule has 0 aromatic heterocycles. The second-order valence-corrected chi connectivity index (χ2v) is 12.5. The monoisotopic (exact) mass is 555 g/mol. The van der Waals surface area contributed by atoms with E-state index in [1.54, 1.807) is 0 Å². The van der Waals surface area contributed by atoms with Crippen LogP contribution < -0.4 is 4.90 Å². The molecule has 0 heterocycles. The van der Waals surface area contributed by atoms with Crippen molar-refractivity contribution in [2.45, 2.75) is 32.6 Å². The van der Waals surface area contributed by atoms with Gasteiger partial charge in [-0.3, -0.25) is 4.79 Å². The predicted octanol–water partition coefficient (Wildman–Crippen LogP) is 10.7. The third-order valence-corrected chi connectivity index (χ3v) is 9.66. The summed E-state index contributed by atoms with van der Waals surface area (Å²) in [6.07, 6.45) is 5.73. The summed E-state index contributed by atoms with van der Waals surface area (Å²) < 4.78 is 0. The van der Waals surface area contributed by atoms with E-state index in [2.05, 4.69) is 129 Å². The highest BCUT2D eigenvalue weighted by Crippen LogP contribution is 2.54. The van der Waals surface area contributed by atoms with Crippen LogP contribution >= 0.6 is 0 Å². The van der Waals surface area contributed by atoms with Crippen molar-refractivity contribution in [3.8, 4) is 22.3 Å². The maximum absolute atomic E-state index is 14.0. The summed E-state index contributed by atoms with van der Waals surface area (Å²) in [5, 5.41) is 0. The Morgan fingerprint density at radius 1 is 0.674 bits per heavy atom. The van der Waals surface area contributed by atoms with Gasteiger partial charge in [0.1, 0.15) is 0 Å². The molecule has 0 fully saturated rings. The summed E-state index contributed by atoms with van der Waals surface area (Å²) >= 11 is 0. The molecular formula is C41H33NO. The SMILES string of the molecule is CC1CC=CC2=C1C(C)(C)c1cc(N(c3ccc(-c4ccccc4)cc3)c3cccc4c3C(=O)c3ccccc3-4)ccc12. The normalized spacial score (nSPS) is 17.4. The number of rotatable bonds is 4. The van der Waals surface area contributed by atoms with Crippen LogP contribution in [0.4, 0.5) is 17.1 Å². The fraction of sp³-hybridized carbons (Fsp3) is 0.146. The van der Waals surface area contributed by atoms with E-state index >= 15 is 0 Å². The predicted molar refractivity (Wildman–Crippen MR) is 178 cm³/mol. The Balaban J connectivity index is 1.32. The minimum absolute atomic E-state index is 0.0711. The van der Waals surface area contributed by atoms with Crippen LogP contribution in [0.15, 0.2) is 133 Å². The number of carbonyl (C=O) groups is 1. The quantitative estimate of drug-likeness (QED) is 0.216. The first kappa shape index (κ1) is 25.7. The summed E-state index contributed by atoms with van der Waals surface area (Å²) in [5.41, 5.74) is 14.4. The number of hydrogen-bond donors (Lipinski definition) is 0. The van der Waals surface area contributed by atoms with Gasteiger partial charge in [0.2, 0.25) is 0 Å². The second kappa shape index (κ2) is 9.54. The first-order chi connectivity index (χ1) is 20.9. The van der Waals surface area contributed by atoms with Gasteiger partial charge in [0, 0.05) is 22.4 Å². The zero-order valence-electron chi connectivity index (χ0n) is 24.8. The molecule has 0 bridgehead atoms. The van der Waals surface area contributed by atoms with Gasteiger partial charge in [-0.15, -0.1) is 0 Å². The molecule has 0 spiro atoms. The molecular weight excluding hydrogens is 522 g/mol. The molecule has 5 aromatic rings. The molecule has 1 unspecified atom stereocenters. The molecule has 43 heavy (non-hydrogen) atoms. The molecule has 208 valence electrons. The summed E-state index contributed by atoms with van der Waals surface area (Å²) in [6, 6.07) is 40.3. The number of anilines is 3. The maximum atomic E-state index is 14.0. The Kier molecular flexibility index (Phi) is 5.71. The fourth-order valence-electron chi connectivity index (χ4n) is 7.72. The van der Waals surface area contributed by atoms with E-state index in [4.69, 9.17) is 0 Å². The smallest absolute Gasteiger partial charge is 0.196 e. The molecule has 2 nitrogen and oxygen atoms in total. The second-order valence-electron chi connectivity index (χ2n) is 12.5. The lowest BCUT2D eigenvalue weighted by molar-refractivity contribution is 0.104. The zero-order valence-corrected chi connectivity index (χ0v) is 24.8. The van der Waals surface area contributed by atoms with Crippen molar-refractivity contribution in [3.05, 3.63) is 155 Å². The highest BCUT2D eigenvalue weighted by atomic mass is 16.1. The highest BCUT2D eigenvalue weighted by Gasteiger charge is 2.40. The van der Waals surface area contributed by atoms with Gasteiger partial charge in [0.05, 0.1) is 11.3 Å².